The second-order valence-electron chi connectivity index (χ2n) is 4.31. The molecule has 1 saturated carbocycles. The molecule has 2 rings (SSSR count). The minimum Gasteiger partial charge on any atom is -0.381 e. The van der Waals surface area contributed by atoms with Crippen LogP contribution in [0, 0.1) is 17.2 Å². The molecule has 0 aliphatic heterocycles. The van der Waals surface area contributed by atoms with E-state index in [4.69, 9.17) is 16.9 Å². The number of hydrogen-bond donors (Lipinski definition) is 1. The van der Waals surface area contributed by atoms with E-state index in [0.717, 1.165) is 11.6 Å². The summed E-state index contributed by atoms with van der Waals surface area (Å²) < 4.78 is 0. The summed E-state index contributed by atoms with van der Waals surface area (Å²) in [6, 6.07) is 8.23. The van der Waals surface area contributed by atoms with Crippen LogP contribution in [-0.2, 0) is 0 Å². The molecule has 0 aromatic heterocycles. The fraction of sp³-hybridized carbons (Fsp3) is 0.462. The molecule has 0 heterocycles. The van der Waals surface area contributed by atoms with Gasteiger partial charge in [-0.1, -0.05) is 31.0 Å². The van der Waals surface area contributed by atoms with Gasteiger partial charge in [-0.05, 0) is 30.9 Å². The molecule has 1 aliphatic rings. The number of nitriles is 1. The summed E-state index contributed by atoms with van der Waals surface area (Å²) in [6.07, 6.45) is 3.70. The average molecular weight is 235 g/mol. The maximum Gasteiger partial charge on any atom is 0.103 e. The van der Waals surface area contributed by atoms with Crippen molar-refractivity contribution in [1.29, 1.82) is 5.26 Å². The summed E-state index contributed by atoms with van der Waals surface area (Å²) in [5, 5.41) is 13.0. The van der Waals surface area contributed by atoms with Crippen molar-refractivity contribution in [2.24, 2.45) is 5.92 Å². The zero-order chi connectivity index (χ0) is 11.5. The maximum atomic E-state index is 9.03. The lowest BCUT2D eigenvalue weighted by atomic mass is 10.2. The van der Waals surface area contributed by atoms with Crippen molar-refractivity contribution in [2.45, 2.75) is 32.2 Å². The topological polar surface area (TPSA) is 35.8 Å². The van der Waals surface area contributed by atoms with E-state index in [2.05, 4.69) is 18.3 Å². The van der Waals surface area contributed by atoms with Crippen LogP contribution in [0.25, 0.3) is 0 Å². The number of benzene rings is 1. The van der Waals surface area contributed by atoms with Crippen LogP contribution in [0.1, 0.15) is 31.7 Å². The summed E-state index contributed by atoms with van der Waals surface area (Å²) in [4.78, 5) is 0. The molecule has 0 bridgehead atoms. The van der Waals surface area contributed by atoms with Crippen molar-refractivity contribution < 1.29 is 0 Å². The predicted molar refractivity (Wildman–Crippen MR) is 66.6 cm³/mol. The first-order valence-electron chi connectivity index (χ1n) is 5.71. The largest absolute Gasteiger partial charge is 0.381 e. The van der Waals surface area contributed by atoms with Crippen LogP contribution in [0.3, 0.4) is 0 Å². The van der Waals surface area contributed by atoms with Gasteiger partial charge in [-0.3, -0.25) is 0 Å². The number of hydrogen-bond acceptors (Lipinski definition) is 2. The van der Waals surface area contributed by atoms with Gasteiger partial charge in [-0.25, -0.2) is 0 Å². The summed E-state index contributed by atoms with van der Waals surface area (Å²) in [5.41, 5.74) is 1.44. The highest BCUT2D eigenvalue weighted by molar-refractivity contribution is 6.32. The molecule has 1 aliphatic carbocycles. The Kier molecular flexibility index (Phi) is 3.36. The highest BCUT2D eigenvalue weighted by Crippen LogP contribution is 2.38. The van der Waals surface area contributed by atoms with Crippen molar-refractivity contribution >= 4 is 17.3 Å². The minimum absolute atomic E-state index is 0.528. The third kappa shape index (κ3) is 2.31. The van der Waals surface area contributed by atoms with Gasteiger partial charge in [0.05, 0.1) is 16.3 Å². The molecule has 84 valence electrons. The summed E-state index contributed by atoms with van der Waals surface area (Å²) in [6.45, 7) is 2.20. The van der Waals surface area contributed by atoms with Crippen molar-refractivity contribution in [3.63, 3.8) is 0 Å². The lowest BCUT2D eigenvalue weighted by Crippen LogP contribution is -2.06. The first-order valence-corrected chi connectivity index (χ1v) is 6.09. The lowest BCUT2D eigenvalue weighted by molar-refractivity contribution is 0.693. The highest BCUT2D eigenvalue weighted by atomic mass is 35.5. The van der Waals surface area contributed by atoms with E-state index >= 15 is 0 Å². The van der Waals surface area contributed by atoms with E-state index in [1.54, 1.807) is 6.07 Å². The van der Waals surface area contributed by atoms with Crippen LogP contribution < -0.4 is 5.32 Å². The Bertz CT molecular complexity index is 422. The van der Waals surface area contributed by atoms with Gasteiger partial charge < -0.3 is 5.32 Å². The van der Waals surface area contributed by atoms with Gasteiger partial charge in [0.1, 0.15) is 6.07 Å². The van der Waals surface area contributed by atoms with Gasteiger partial charge in [0, 0.05) is 6.04 Å². The van der Waals surface area contributed by atoms with Crippen LogP contribution in [0.15, 0.2) is 18.2 Å². The van der Waals surface area contributed by atoms with Crippen molar-refractivity contribution in [3.8, 4) is 6.07 Å². The predicted octanol–water partition coefficient (Wildman–Crippen LogP) is 3.81. The number of halogens is 1. The van der Waals surface area contributed by atoms with E-state index in [1.165, 1.54) is 19.3 Å². The number of rotatable bonds is 4. The second kappa shape index (κ2) is 4.76. The average Bonchev–Trinajstić information content (AvgIpc) is 2.97. The Morgan fingerprint density at radius 1 is 1.56 bits per heavy atom. The van der Waals surface area contributed by atoms with Crippen molar-refractivity contribution in [2.75, 3.05) is 5.32 Å². The van der Waals surface area contributed by atoms with Crippen LogP contribution in [0.4, 0.5) is 5.69 Å². The molecular weight excluding hydrogens is 220 g/mol. The maximum absolute atomic E-state index is 9.03. The molecule has 3 heteroatoms. The van der Waals surface area contributed by atoms with Crippen molar-refractivity contribution in [1.82, 2.24) is 0 Å². The number of anilines is 1. The lowest BCUT2D eigenvalue weighted by Gasteiger charge is -2.08. The molecule has 1 aromatic rings. The van der Waals surface area contributed by atoms with E-state index in [-0.39, 0.29) is 0 Å². The molecule has 1 fully saturated rings. The quantitative estimate of drug-likeness (QED) is 0.860. The molecule has 0 saturated heterocycles. The molecule has 1 N–H and O–H groups in total. The zero-order valence-electron chi connectivity index (χ0n) is 9.33. The molecular formula is C13H15ClN2. The molecule has 0 amide bonds. The molecule has 2 atom stereocenters. The third-order valence-corrected chi connectivity index (χ3v) is 3.36. The summed E-state index contributed by atoms with van der Waals surface area (Å²) in [5.74, 6) is 0.774. The van der Waals surface area contributed by atoms with E-state index < -0.39 is 0 Å². The van der Waals surface area contributed by atoms with Crippen LogP contribution >= 0.6 is 11.6 Å². The smallest absolute Gasteiger partial charge is 0.103 e. The van der Waals surface area contributed by atoms with E-state index in [1.807, 2.05) is 12.1 Å². The summed E-state index contributed by atoms with van der Waals surface area (Å²) >= 11 is 5.97. The van der Waals surface area contributed by atoms with E-state index in [9.17, 15) is 0 Å². The highest BCUT2D eigenvalue weighted by Gasteiger charge is 2.36. The molecule has 2 unspecified atom stereocenters. The Labute approximate surface area is 101 Å². The fourth-order valence-corrected chi connectivity index (χ4v) is 2.29. The molecule has 0 radical (unpaired) electrons. The zero-order valence-corrected chi connectivity index (χ0v) is 10.1. The van der Waals surface area contributed by atoms with Crippen molar-refractivity contribution in [3.05, 3.63) is 28.8 Å². The normalized spacial score (nSPS) is 22.6. The van der Waals surface area contributed by atoms with Crippen LogP contribution in [-0.4, -0.2) is 6.04 Å². The molecule has 16 heavy (non-hydrogen) atoms. The van der Waals surface area contributed by atoms with Gasteiger partial charge >= 0.3 is 0 Å². The first kappa shape index (κ1) is 11.3. The monoisotopic (exact) mass is 234 g/mol. The number of nitrogens with zero attached hydrogens (tertiary/aromatic N) is 1. The van der Waals surface area contributed by atoms with Gasteiger partial charge in [0.25, 0.3) is 0 Å². The first-order chi connectivity index (χ1) is 7.76. The Morgan fingerprint density at radius 2 is 2.38 bits per heavy atom. The van der Waals surface area contributed by atoms with Gasteiger partial charge in [-0.15, -0.1) is 0 Å². The van der Waals surface area contributed by atoms with Crippen LogP contribution in [0.5, 0.6) is 0 Å². The SMILES string of the molecule is CCCC1CC1Nc1cccc(Cl)c1C#N. The second-order valence-corrected chi connectivity index (χ2v) is 4.72. The number of nitrogens with one attached hydrogen (secondary N) is 1. The summed E-state index contributed by atoms with van der Waals surface area (Å²) in [7, 11) is 0. The van der Waals surface area contributed by atoms with Crippen LogP contribution in [0.2, 0.25) is 5.02 Å². The molecule has 1 aromatic carbocycles. The molecule has 2 nitrogen and oxygen atoms in total. The van der Waals surface area contributed by atoms with E-state index in [0.29, 0.717) is 16.6 Å². The standard InChI is InChI=1S/C13H15ClN2/c1-2-4-9-7-13(9)16-12-6-3-5-11(14)10(12)8-15/h3,5-6,9,13,16H,2,4,7H2,1H3. The Morgan fingerprint density at radius 3 is 3.06 bits per heavy atom. The Balaban J connectivity index is 2.06. The van der Waals surface area contributed by atoms with Gasteiger partial charge in [0.15, 0.2) is 0 Å². The third-order valence-electron chi connectivity index (χ3n) is 3.05. The van der Waals surface area contributed by atoms with Gasteiger partial charge in [-0.2, -0.15) is 5.26 Å². The molecule has 0 spiro atoms. The fourth-order valence-electron chi connectivity index (χ4n) is 2.07. The Hall–Kier alpha value is -1.20. The van der Waals surface area contributed by atoms with Gasteiger partial charge in [0.2, 0.25) is 0 Å². The minimum atomic E-state index is 0.528.